The Kier molecular flexibility index (Phi) is 6.46. The highest BCUT2D eigenvalue weighted by Crippen LogP contribution is 2.55. The molecule has 12 rings (SSSR count). The summed E-state index contributed by atoms with van der Waals surface area (Å²) in [6.07, 6.45) is 0. The SMILES string of the molecule is CC1(C)c2ccccc2-c2cc3c(cc21)[nH]c1ccc(-c2ccc(N(c4cccc5c4-c4ccccc4C5(C)C)c4cccc5c4oc4ccccc45)cc2)cc13. The number of nitrogens with one attached hydrogen (secondary N) is 1. The Labute approximate surface area is 331 Å². The molecule has 0 fully saturated rings. The molecule has 0 spiro atoms. The van der Waals surface area contributed by atoms with Gasteiger partial charge in [-0.2, -0.15) is 0 Å². The molecule has 1 N–H and O–H groups in total. The lowest BCUT2D eigenvalue weighted by Crippen LogP contribution is -2.16. The van der Waals surface area contributed by atoms with Crippen LogP contribution in [-0.4, -0.2) is 4.98 Å². The molecule has 3 nitrogen and oxygen atoms in total. The van der Waals surface area contributed by atoms with Crippen LogP contribution >= 0.6 is 0 Å². The molecule has 8 aromatic carbocycles. The van der Waals surface area contributed by atoms with Crippen molar-refractivity contribution >= 4 is 60.8 Å². The van der Waals surface area contributed by atoms with E-state index >= 15 is 0 Å². The fourth-order valence-corrected chi connectivity index (χ4v) is 10.3. The first-order chi connectivity index (χ1) is 27.8. The normalized spacial score (nSPS) is 14.6. The van der Waals surface area contributed by atoms with Gasteiger partial charge in [-0.05, 0) is 105 Å². The van der Waals surface area contributed by atoms with E-state index < -0.39 is 0 Å². The summed E-state index contributed by atoms with van der Waals surface area (Å²) in [7, 11) is 0. The molecule has 0 saturated carbocycles. The monoisotopic (exact) mass is 732 g/mol. The van der Waals surface area contributed by atoms with Crippen LogP contribution in [-0.2, 0) is 10.8 Å². The van der Waals surface area contributed by atoms with E-state index in [1.165, 1.54) is 71.9 Å². The van der Waals surface area contributed by atoms with Gasteiger partial charge in [0.15, 0.2) is 5.58 Å². The van der Waals surface area contributed by atoms with Crippen molar-refractivity contribution in [2.45, 2.75) is 38.5 Å². The summed E-state index contributed by atoms with van der Waals surface area (Å²) < 4.78 is 6.71. The number of aromatic nitrogens is 1. The van der Waals surface area contributed by atoms with Gasteiger partial charge in [-0.15, -0.1) is 0 Å². The van der Waals surface area contributed by atoms with Gasteiger partial charge in [0, 0.05) is 54.7 Å². The molecule has 3 heteroatoms. The molecule has 272 valence electrons. The van der Waals surface area contributed by atoms with Gasteiger partial charge in [-0.25, -0.2) is 0 Å². The third-order valence-electron chi connectivity index (χ3n) is 13.2. The first-order valence-electron chi connectivity index (χ1n) is 20.0. The minimum atomic E-state index is -0.121. The van der Waals surface area contributed by atoms with Gasteiger partial charge in [0.1, 0.15) is 5.58 Å². The predicted molar refractivity (Wildman–Crippen MR) is 238 cm³/mol. The Morgan fingerprint density at radius 3 is 1.91 bits per heavy atom. The summed E-state index contributed by atoms with van der Waals surface area (Å²) >= 11 is 0. The van der Waals surface area contributed by atoms with Crippen LogP contribution in [0.2, 0.25) is 0 Å². The maximum absolute atomic E-state index is 6.71. The largest absolute Gasteiger partial charge is 0.454 e. The first-order valence-corrected chi connectivity index (χ1v) is 20.0. The van der Waals surface area contributed by atoms with Crippen molar-refractivity contribution in [2.75, 3.05) is 4.90 Å². The Bertz CT molecular complexity index is 3300. The van der Waals surface area contributed by atoms with Gasteiger partial charge in [0.05, 0.1) is 11.4 Å². The number of rotatable bonds is 4. The van der Waals surface area contributed by atoms with E-state index in [0.717, 1.165) is 44.5 Å². The average Bonchev–Trinajstić information content (AvgIpc) is 3.93. The molecule has 2 heterocycles. The second-order valence-electron chi connectivity index (χ2n) is 17.0. The van der Waals surface area contributed by atoms with E-state index in [1.807, 2.05) is 6.07 Å². The predicted octanol–water partition coefficient (Wildman–Crippen LogP) is 15.0. The van der Waals surface area contributed by atoms with E-state index in [-0.39, 0.29) is 10.8 Å². The highest BCUT2D eigenvalue weighted by molar-refractivity contribution is 6.12. The van der Waals surface area contributed by atoms with Gasteiger partial charge in [-0.1, -0.05) is 137 Å². The first kappa shape index (κ1) is 32.4. The van der Waals surface area contributed by atoms with E-state index in [0.29, 0.717) is 0 Å². The lowest BCUT2D eigenvalue weighted by Gasteiger charge is -2.29. The number of nitrogens with zero attached hydrogens (tertiary/aromatic N) is 1. The van der Waals surface area contributed by atoms with Crippen LogP contribution in [0.3, 0.4) is 0 Å². The van der Waals surface area contributed by atoms with Gasteiger partial charge < -0.3 is 14.3 Å². The molecule has 2 aliphatic carbocycles. The second kappa shape index (κ2) is 11.4. The number of H-pyrrole nitrogens is 1. The molecule has 0 saturated heterocycles. The van der Waals surface area contributed by atoms with Crippen molar-refractivity contribution in [1.82, 2.24) is 4.98 Å². The molecule has 0 radical (unpaired) electrons. The van der Waals surface area contributed by atoms with Crippen molar-refractivity contribution < 1.29 is 4.42 Å². The third kappa shape index (κ3) is 4.43. The molecule has 10 aromatic rings. The van der Waals surface area contributed by atoms with Crippen LogP contribution in [0.15, 0.2) is 168 Å². The minimum Gasteiger partial charge on any atom is -0.454 e. The second-order valence-corrected chi connectivity index (χ2v) is 17.0. The Morgan fingerprint density at radius 2 is 1.07 bits per heavy atom. The zero-order valence-electron chi connectivity index (χ0n) is 32.4. The van der Waals surface area contributed by atoms with Crippen molar-refractivity contribution in [3.05, 3.63) is 186 Å². The molecule has 57 heavy (non-hydrogen) atoms. The van der Waals surface area contributed by atoms with Crippen LogP contribution in [0, 0.1) is 0 Å². The summed E-state index contributed by atoms with van der Waals surface area (Å²) in [5.74, 6) is 0. The molecule has 0 atom stereocenters. The fraction of sp³-hybridized carbons (Fsp3) is 0.111. The maximum atomic E-state index is 6.71. The van der Waals surface area contributed by atoms with Crippen LogP contribution < -0.4 is 4.90 Å². The van der Waals surface area contributed by atoms with Crippen LogP contribution in [0.25, 0.3) is 77.1 Å². The number of para-hydroxylation sites is 2. The Hall–Kier alpha value is -6.84. The van der Waals surface area contributed by atoms with Crippen molar-refractivity contribution in [3.63, 3.8) is 0 Å². The molecule has 0 bridgehead atoms. The van der Waals surface area contributed by atoms with E-state index in [1.54, 1.807) is 0 Å². The number of aromatic amines is 1. The molecule has 2 aliphatic rings. The third-order valence-corrected chi connectivity index (χ3v) is 13.2. The number of furan rings is 1. The Morgan fingerprint density at radius 1 is 0.439 bits per heavy atom. The van der Waals surface area contributed by atoms with Gasteiger partial charge in [0.2, 0.25) is 0 Å². The van der Waals surface area contributed by atoms with E-state index in [4.69, 9.17) is 4.42 Å². The molecule has 0 amide bonds. The number of fused-ring (bicyclic) bond motifs is 12. The summed E-state index contributed by atoms with van der Waals surface area (Å²) in [6.45, 7) is 9.38. The van der Waals surface area contributed by atoms with Crippen molar-refractivity contribution in [3.8, 4) is 33.4 Å². The molecule has 2 aromatic heterocycles. The lowest BCUT2D eigenvalue weighted by atomic mass is 9.82. The molecule has 0 aliphatic heterocycles. The lowest BCUT2D eigenvalue weighted by molar-refractivity contribution is 0.660. The quantitative estimate of drug-likeness (QED) is 0.195. The minimum absolute atomic E-state index is 0.0342. The number of anilines is 3. The Balaban J connectivity index is 1.02. The summed E-state index contributed by atoms with van der Waals surface area (Å²) in [6, 6.07) is 60.2. The zero-order valence-corrected chi connectivity index (χ0v) is 32.4. The molecular weight excluding hydrogens is 693 g/mol. The topological polar surface area (TPSA) is 32.2 Å². The standard InChI is InChI=1S/C54H40N2O/c1-53(2)43-18-9-6-15-38(43)51-44(53)19-12-20-48(51)56(49-21-11-16-37-36-14-7-10-22-50(36)57-52(37)49)34-26-23-32(24-27-34)33-25-28-46-40(29-33)41-30-39-35-13-5-8-17-42(35)54(3,4)45(39)31-47(41)55-46/h5-31,55H,1-4H3. The van der Waals surface area contributed by atoms with Crippen LogP contribution in [0.4, 0.5) is 17.1 Å². The van der Waals surface area contributed by atoms with Gasteiger partial charge in [-0.3, -0.25) is 0 Å². The van der Waals surface area contributed by atoms with E-state index in [9.17, 15) is 0 Å². The van der Waals surface area contributed by atoms with Gasteiger partial charge in [0.25, 0.3) is 0 Å². The van der Waals surface area contributed by atoms with Crippen molar-refractivity contribution in [2.24, 2.45) is 0 Å². The fourth-order valence-electron chi connectivity index (χ4n) is 10.3. The number of benzene rings is 8. The molecular formula is C54H40N2O. The van der Waals surface area contributed by atoms with Crippen LogP contribution in [0.5, 0.6) is 0 Å². The number of hydrogen-bond donors (Lipinski definition) is 1. The average molecular weight is 733 g/mol. The maximum Gasteiger partial charge on any atom is 0.159 e. The highest BCUT2D eigenvalue weighted by atomic mass is 16.3. The summed E-state index contributed by atoms with van der Waals surface area (Å²) in [5.41, 5.74) is 20.3. The van der Waals surface area contributed by atoms with Gasteiger partial charge >= 0.3 is 0 Å². The zero-order chi connectivity index (χ0) is 38.2. The van der Waals surface area contributed by atoms with Crippen LogP contribution in [0.1, 0.15) is 49.9 Å². The summed E-state index contributed by atoms with van der Waals surface area (Å²) in [4.78, 5) is 6.16. The summed E-state index contributed by atoms with van der Waals surface area (Å²) in [5, 5.41) is 4.75. The van der Waals surface area contributed by atoms with Crippen molar-refractivity contribution in [1.29, 1.82) is 0 Å². The smallest absolute Gasteiger partial charge is 0.159 e. The molecule has 0 unspecified atom stereocenters. The van der Waals surface area contributed by atoms with E-state index in [2.05, 4.69) is 195 Å². The number of hydrogen-bond acceptors (Lipinski definition) is 2. The highest BCUT2D eigenvalue weighted by Gasteiger charge is 2.38.